The molecular formula is C30H16N2O8S2. The second-order valence-corrected chi connectivity index (χ2v) is 11.3. The molecule has 4 amide bonds. The Morgan fingerprint density at radius 1 is 0.500 bits per heavy atom. The molecule has 12 heteroatoms. The Hall–Kier alpha value is -5.20. The fourth-order valence-corrected chi connectivity index (χ4v) is 7.02. The number of rotatable bonds is 7. The van der Waals surface area contributed by atoms with Crippen molar-refractivity contribution in [2.75, 3.05) is 9.80 Å². The molecule has 2 aliphatic heterocycles. The summed E-state index contributed by atoms with van der Waals surface area (Å²) in [5, 5.41) is 18.6. The summed E-state index contributed by atoms with van der Waals surface area (Å²) in [7, 11) is 2.39. The summed E-state index contributed by atoms with van der Waals surface area (Å²) in [6.45, 7) is 0. The number of carboxylic acids is 2. The van der Waals surface area contributed by atoms with Crippen molar-refractivity contribution in [2.45, 2.75) is 9.79 Å². The Morgan fingerprint density at radius 2 is 0.857 bits per heavy atom. The normalized spacial score (nSPS) is 13.9. The molecule has 206 valence electrons. The van der Waals surface area contributed by atoms with Crippen molar-refractivity contribution in [1.82, 2.24) is 0 Å². The van der Waals surface area contributed by atoms with Gasteiger partial charge >= 0.3 is 11.9 Å². The van der Waals surface area contributed by atoms with Crippen molar-refractivity contribution < 1.29 is 39.0 Å². The van der Waals surface area contributed by atoms with Crippen LogP contribution in [0.4, 0.5) is 11.4 Å². The van der Waals surface area contributed by atoms with Gasteiger partial charge in [-0.05, 0) is 60.7 Å². The molecule has 2 aliphatic rings. The average Bonchev–Trinajstić information content (AvgIpc) is 3.39. The number of aromatic carboxylic acids is 2. The van der Waals surface area contributed by atoms with Crippen molar-refractivity contribution >= 4 is 68.5 Å². The molecule has 4 aromatic rings. The van der Waals surface area contributed by atoms with Gasteiger partial charge in [-0.1, -0.05) is 45.9 Å². The van der Waals surface area contributed by atoms with E-state index in [0.717, 1.165) is 9.80 Å². The van der Waals surface area contributed by atoms with E-state index < -0.39 is 35.6 Å². The molecule has 0 spiro atoms. The Morgan fingerprint density at radius 3 is 1.24 bits per heavy atom. The molecule has 0 aromatic heterocycles. The molecule has 0 fully saturated rings. The van der Waals surface area contributed by atoms with Gasteiger partial charge in [-0.25, -0.2) is 19.4 Å². The topological polar surface area (TPSA) is 149 Å². The van der Waals surface area contributed by atoms with Gasteiger partial charge in [-0.15, -0.1) is 0 Å². The lowest BCUT2D eigenvalue weighted by Crippen LogP contribution is -2.30. The number of fused-ring (bicyclic) bond motifs is 2. The van der Waals surface area contributed by atoms with Gasteiger partial charge in [0.25, 0.3) is 23.6 Å². The van der Waals surface area contributed by atoms with Gasteiger partial charge in [0.15, 0.2) is 0 Å². The first-order chi connectivity index (χ1) is 20.2. The van der Waals surface area contributed by atoms with E-state index in [1.54, 1.807) is 48.5 Å². The predicted octanol–water partition coefficient (Wildman–Crippen LogP) is 5.48. The molecule has 2 N–H and O–H groups in total. The van der Waals surface area contributed by atoms with Crippen LogP contribution in [-0.2, 0) is 0 Å². The van der Waals surface area contributed by atoms with E-state index in [9.17, 15) is 39.0 Å². The van der Waals surface area contributed by atoms with Crippen LogP contribution in [0.5, 0.6) is 0 Å². The maximum absolute atomic E-state index is 13.3. The molecule has 0 aliphatic carbocycles. The first-order valence-corrected chi connectivity index (χ1v) is 14.4. The Labute approximate surface area is 245 Å². The molecule has 0 saturated heterocycles. The molecule has 0 unspecified atom stereocenters. The fourth-order valence-electron chi connectivity index (χ4n) is 4.70. The Bertz CT molecular complexity index is 1770. The second-order valence-electron chi connectivity index (χ2n) is 9.12. The summed E-state index contributed by atoms with van der Waals surface area (Å²) in [6, 6.07) is 20.9. The molecule has 0 atom stereocenters. The summed E-state index contributed by atoms with van der Waals surface area (Å²) >= 11 is 0. The van der Waals surface area contributed by atoms with Crippen molar-refractivity contribution in [2.24, 2.45) is 0 Å². The van der Waals surface area contributed by atoms with E-state index in [2.05, 4.69) is 0 Å². The van der Waals surface area contributed by atoms with Gasteiger partial charge in [-0.3, -0.25) is 19.2 Å². The van der Waals surface area contributed by atoms with Crippen LogP contribution in [0.1, 0.15) is 62.1 Å². The largest absolute Gasteiger partial charge is 0.478 e. The minimum atomic E-state index is -1.22. The number of amides is 4. The van der Waals surface area contributed by atoms with Gasteiger partial charge in [-0.2, -0.15) is 0 Å². The minimum Gasteiger partial charge on any atom is -0.478 e. The number of carbonyl (C=O) groups is 6. The highest BCUT2D eigenvalue weighted by molar-refractivity contribution is 8.76. The highest BCUT2D eigenvalue weighted by Gasteiger charge is 2.40. The van der Waals surface area contributed by atoms with Crippen molar-refractivity contribution in [3.05, 3.63) is 118 Å². The van der Waals surface area contributed by atoms with Gasteiger partial charge in [0.2, 0.25) is 0 Å². The summed E-state index contributed by atoms with van der Waals surface area (Å²) in [5.74, 6) is -4.91. The number of benzene rings is 4. The van der Waals surface area contributed by atoms with Crippen LogP contribution in [0.2, 0.25) is 0 Å². The highest BCUT2D eigenvalue weighted by Crippen LogP contribution is 2.47. The fraction of sp³-hybridized carbons (Fsp3) is 0. The average molecular weight is 597 g/mol. The number of imide groups is 2. The van der Waals surface area contributed by atoms with Gasteiger partial charge in [0, 0.05) is 9.79 Å². The maximum atomic E-state index is 13.3. The van der Waals surface area contributed by atoms with E-state index in [4.69, 9.17) is 0 Å². The molecular weight excluding hydrogens is 580 g/mol. The summed E-state index contributed by atoms with van der Waals surface area (Å²) in [6.07, 6.45) is 0. The lowest BCUT2D eigenvalue weighted by atomic mass is 10.1. The molecule has 42 heavy (non-hydrogen) atoms. The quantitative estimate of drug-likeness (QED) is 0.207. The zero-order valence-corrected chi connectivity index (χ0v) is 22.8. The van der Waals surface area contributed by atoms with Crippen LogP contribution in [0, 0.1) is 0 Å². The number of carbonyl (C=O) groups excluding carboxylic acids is 4. The van der Waals surface area contributed by atoms with Crippen LogP contribution < -0.4 is 9.80 Å². The number of nitrogens with zero attached hydrogens (tertiary/aromatic N) is 2. The zero-order valence-electron chi connectivity index (χ0n) is 21.1. The number of para-hydroxylation sites is 2. The first kappa shape index (κ1) is 27.0. The van der Waals surface area contributed by atoms with Gasteiger partial charge < -0.3 is 10.2 Å². The van der Waals surface area contributed by atoms with Crippen LogP contribution in [0.3, 0.4) is 0 Å². The van der Waals surface area contributed by atoms with E-state index >= 15 is 0 Å². The van der Waals surface area contributed by atoms with E-state index in [0.29, 0.717) is 9.79 Å². The van der Waals surface area contributed by atoms with Crippen molar-refractivity contribution in [3.63, 3.8) is 0 Å². The van der Waals surface area contributed by atoms with Crippen LogP contribution in [0.25, 0.3) is 0 Å². The second kappa shape index (κ2) is 10.3. The maximum Gasteiger partial charge on any atom is 0.335 e. The van der Waals surface area contributed by atoms with Gasteiger partial charge in [0.05, 0.1) is 44.8 Å². The summed E-state index contributed by atoms with van der Waals surface area (Å²) in [4.78, 5) is 78.8. The number of carboxylic acid groups (broad SMARTS) is 2. The Kier molecular flexibility index (Phi) is 6.64. The third-order valence-electron chi connectivity index (χ3n) is 6.70. The third kappa shape index (κ3) is 4.33. The standard InChI is InChI=1S/C30H16N2O8S2/c33-25-17-11-9-15(29(37)38)13-19(17)27(35)31(25)21-5-1-3-7-23(21)41-42-24-8-4-2-6-22(24)32-26(34)18-12-10-16(30(39)40)14-20(18)28(32)36/h1-14H,(H,37,38)(H,39,40). The number of hydrogen-bond acceptors (Lipinski definition) is 8. The van der Waals surface area contributed by atoms with E-state index in [1.165, 1.54) is 58.0 Å². The molecule has 0 bridgehead atoms. The number of anilines is 2. The molecule has 0 radical (unpaired) electrons. The third-order valence-corrected chi connectivity index (χ3v) is 9.16. The molecule has 10 nitrogen and oxygen atoms in total. The van der Waals surface area contributed by atoms with E-state index in [1.807, 2.05) is 0 Å². The van der Waals surface area contributed by atoms with Gasteiger partial charge in [0.1, 0.15) is 0 Å². The molecule has 0 saturated carbocycles. The predicted molar refractivity (Wildman–Crippen MR) is 154 cm³/mol. The van der Waals surface area contributed by atoms with Crippen LogP contribution in [0.15, 0.2) is 94.7 Å². The smallest absolute Gasteiger partial charge is 0.335 e. The summed E-state index contributed by atoms with van der Waals surface area (Å²) < 4.78 is 0. The monoisotopic (exact) mass is 596 g/mol. The van der Waals surface area contributed by atoms with Crippen LogP contribution in [-0.4, -0.2) is 45.8 Å². The molecule has 6 rings (SSSR count). The van der Waals surface area contributed by atoms with Crippen molar-refractivity contribution in [3.8, 4) is 0 Å². The SMILES string of the molecule is O=C(O)c1ccc2c(c1)C(=O)N(c1ccccc1SSc1ccccc1N1C(=O)c3ccc(C(=O)O)cc3C1=O)C2=O. The first-order valence-electron chi connectivity index (χ1n) is 12.2. The zero-order chi connectivity index (χ0) is 29.7. The highest BCUT2D eigenvalue weighted by atomic mass is 33.1. The Balaban J connectivity index is 1.29. The molecule has 4 aromatic carbocycles. The van der Waals surface area contributed by atoms with Crippen LogP contribution >= 0.6 is 21.6 Å². The summed E-state index contributed by atoms with van der Waals surface area (Å²) in [5.41, 5.74) is 0.538. The number of hydrogen-bond donors (Lipinski definition) is 2. The minimum absolute atomic E-state index is 0.00520. The molecule has 2 heterocycles. The van der Waals surface area contributed by atoms with Crippen molar-refractivity contribution in [1.29, 1.82) is 0 Å². The lowest BCUT2D eigenvalue weighted by Gasteiger charge is -2.19. The van der Waals surface area contributed by atoms with E-state index in [-0.39, 0.29) is 44.8 Å². The lowest BCUT2D eigenvalue weighted by molar-refractivity contribution is 0.0686.